The molecule has 0 saturated heterocycles. The third-order valence-corrected chi connectivity index (χ3v) is 7.93. The smallest absolute Gasteiger partial charge is 0.134 e. The van der Waals surface area contributed by atoms with Gasteiger partial charge in [-0.2, -0.15) is 0 Å². The average molecular weight is 509 g/mol. The van der Waals surface area contributed by atoms with Crippen molar-refractivity contribution < 1.29 is 15.4 Å². The lowest BCUT2D eigenvalue weighted by Gasteiger charge is -2.20. The maximum atomic E-state index is 9.29. The number of hydrogen-bond acceptors (Lipinski definition) is 1. The summed E-state index contributed by atoms with van der Waals surface area (Å²) in [7, 11) is 0. The number of rotatable bonds is 3. The zero-order valence-electron chi connectivity index (χ0n) is 29.2. The van der Waals surface area contributed by atoms with E-state index in [1.165, 1.54) is 30.2 Å². The SMILES string of the molecule is [2H]c1c([2H])c(-c2coc3c([2H])c([2H])c([2H])c([2H])c23)c([2H])c([2H])c1-c1c2ccccc2c(-c2ccc3c(c2)CCCC3)c2ccccc12. The molecular formula is C38H28O. The Bertz CT molecular complexity index is 2370. The Morgan fingerprint density at radius 2 is 1.13 bits per heavy atom. The first-order valence-electron chi connectivity index (χ1n) is 17.3. The molecule has 0 spiro atoms. The van der Waals surface area contributed by atoms with E-state index in [0.29, 0.717) is 5.56 Å². The van der Waals surface area contributed by atoms with Gasteiger partial charge in [-0.3, -0.25) is 0 Å². The Morgan fingerprint density at radius 3 is 1.82 bits per heavy atom. The molecule has 1 aromatic heterocycles. The van der Waals surface area contributed by atoms with E-state index in [4.69, 9.17) is 12.6 Å². The Balaban J connectivity index is 1.43. The second-order valence-electron chi connectivity index (χ2n) is 10.1. The Kier molecular flexibility index (Phi) is 3.62. The molecule has 0 atom stereocenters. The summed E-state index contributed by atoms with van der Waals surface area (Å²) in [6.45, 7) is 0. The highest BCUT2D eigenvalue weighted by Gasteiger charge is 2.18. The minimum Gasteiger partial charge on any atom is -0.464 e. The van der Waals surface area contributed by atoms with E-state index in [-0.39, 0.29) is 63.9 Å². The summed E-state index contributed by atoms with van der Waals surface area (Å²) in [5.74, 6) is 0. The summed E-state index contributed by atoms with van der Waals surface area (Å²) in [4.78, 5) is 0. The summed E-state index contributed by atoms with van der Waals surface area (Å²) in [5.41, 5.74) is 5.65. The van der Waals surface area contributed by atoms with E-state index in [0.717, 1.165) is 45.5 Å². The van der Waals surface area contributed by atoms with Crippen LogP contribution in [0.4, 0.5) is 0 Å². The fourth-order valence-corrected chi connectivity index (χ4v) is 6.11. The number of fused-ring (bicyclic) bond motifs is 4. The quantitative estimate of drug-likeness (QED) is 0.216. The van der Waals surface area contributed by atoms with Crippen LogP contribution in [0.25, 0.3) is 65.9 Å². The highest BCUT2D eigenvalue weighted by Crippen LogP contribution is 2.44. The van der Waals surface area contributed by atoms with Crippen LogP contribution in [0.5, 0.6) is 0 Å². The van der Waals surface area contributed by atoms with Crippen molar-refractivity contribution in [3.8, 4) is 33.4 Å². The van der Waals surface area contributed by atoms with Gasteiger partial charge in [0.2, 0.25) is 0 Å². The molecule has 1 aliphatic carbocycles. The number of benzene rings is 6. The van der Waals surface area contributed by atoms with E-state index in [2.05, 4.69) is 30.3 Å². The van der Waals surface area contributed by atoms with Crippen molar-refractivity contribution in [1.82, 2.24) is 0 Å². The van der Waals surface area contributed by atoms with Gasteiger partial charge in [-0.1, -0.05) is 109 Å². The number of aryl methyl sites for hydroxylation is 2. The van der Waals surface area contributed by atoms with Crippen molar-refractivity contribution in [3.63, 3.8) is 0 Å². The van der Waals surface area contributed by atoms with Crippen LogP contribution in [0.15, 0.2) is 126 Å². The predicted octanol–water partition coefficient (Wildman–Crippen LogP) is 10.6. The van der Waals surface area contributed by atoms with Gasteiger partial charge < -0.3 is 4.42 Å². The van der Waals surface area contributed by atoms with Crippen LogP contribution < -0.4 is 0 Å². The Morgan fingerprint density at radius 1 is 0.538 bits per heavy atom. The zero-order valence-corrected chi connectivity index (χ0v) is 21.2. The van der Waals surface area contributed by atoms with Crippen LogP contribution in [-0.4, -0.2) is 0 Å². The molecule has 1 nitrogen and oxygen atoms in total. The van der Waals surface area contributed by atoms with Gasteiger partial charge >= 0.3 is 0 Å². The molecule has 1 heterocycles. The van der Waals surface area contributed by atoms with Crippen LogP contribution in [0.2, 0.25) is 0 Å². The van der Waals surface area contributed by atoms with Gasteiger partial charge in [-0.05, 0) is 92.2 Å². The summed E-state index contributed by atoms with van der Waals surface area (Å²) >= 11 is 0. The lowest BCUT2D eigenvalue weighted by molar-refractivity contribution is 0.617. The maximum absolute atomic E-state index is 9.29. The molecule has 7 aromatic rings. The monoisotopic (exact) mass is 508 g/mol. The predicted molar refractivity (Wildman–Crippen MR) is 164 cm³/mol. The van der Waals surface area contributed by atoms with Crippen molar-refractivity contribution >= 4 is 32.5 Å². The fraction of sp³-hybridized carbons (Fsp3) is 0.105. The molecule has 0 amide bonds. The van der Waals surface area contributed by atoms with Gasteiger partial charge in [0, 0.05) is 10.9 Å². The van der Waals surface area contributed by atoms with Gasteiger partial charge in [0.15, 0.2) is 0 Å². The van der Waals surface area contributed by atoms with E-state index in [9.17, 15) is 2.74 Å². The minimum atomic E-state index is -0.464. The lowest BCUT2D eigenvalue weighted by atomic mass is 9.83. The summed E-state index contributed by atoms with van der Waals surface area (Å²) < 4.78 is 75.4. The second-order valence-corrected chi connectivity index (χ2v) is 10.1. The Hall–Kier alpha value is -4.62. The Labute approximate surface area is 239 Å². The van der Waals surface area contributed by atoms with E-state index in [1.54, 1.807) is 0 Å². The van der Waals surface area contributed by atoms with Gasteiger partial charge in [0.05, 0.1) is 17.2 Å². The van der Waals surface area contributed by atoms with Crippen LogP contribution in [0, 0.1) is 0 Å². The average Bonchev–Trinajstić information content (AvgIpc) is 3.53. The molecule has 0 aliphatic heterocycles. The van der Waals surface area contributed by atoms with Crippen molar-refractivity contribution in [1.29, 1.82) is 0 Å². The summed E-state index contributed by atoms with van der Waals surface area (Å²) in [5, 5.41) is 3.56. The van der Waals surface area contributed by atoms with Gasteiger partial charge in [-0.25, -0.2) is 0 Å². The lowest BCUT2D eigenvalue weighted by Crippen LogP contribution is -2.02. The molecule has 1 aliphatic rings. The number of hydrogen-bond donors (Lipinski definition) is 0. The molecule has 0 saturated carbocycles. The molecule has 6 aromatic carbocycles. The van der Waals surface area contributed by atoms with Crippen LogP contribution in [0.1, 0.15) is 34.9 Å². The summed E-state index contributed by atoms with van der Waals surface area (Å²) in [6.07, 6.45) is 5.72. The van der Waals surface area contributed by atoms with E-state index >= 15 is 0 Å². The van der Waals surface area contributed by atoms with Gasteiger partial charge in [0.1, 0.15) is 5.58 Å². The van der Waals surface area contributed by atoms with Crippen molar-refractivity contribution in [2.24, 2.45) is 0 Å². The first-order valence-corrected chi connectivity index (χ1v) is 13.3. The molecule has 8 rings (SSSR count). The first kappa shape index (κ1) is 15.7. The van der Waals surface area contributed by atoms with Crippen LogP contribution >= 0.6 is 0 Å². The van der Waals surface area contributed by atoms with Gasteiger partial charge in [0.25, 0.3) is 0 Å². The highest BCUT2D eigenvalue weighted by molar-refractivity contribution is 6.21. The molecule has 39 heavy (non-hydrogen) atoms. The van der Waals surface area contributed by atoms with Gasteiger partial charge in [-0.15, -0.1) is 0 Å². The standard InChI is InChI=1S/C38H28O/c1-2-10-28-23-29(22-17-25(28)9-1)38-33-14-5-3-12-31(33)37(32-13-4-6-15-34(32)38)27-20-18-26(19-21-27)35-24-39-36-16-8-7-11-30(35)36/h3-8,11-24H,1-2,9-10H2/i7D,8D,11D,16D,18D,19D,20D,21D. The largest absolute Gasteiger partial charge is 0.464 e. The van der Waals surface area contributed by atoms with Crippen molar-refractivity contribution in [2.45, 2.75) is 25.7 Å². The molecule has 0 N–H and O–H groups in total. The molecular weight excluding hydrogens is 472 g/mol. The third-order valence-electron chi connectivity index (χ3n) is 7.93. The first-order chi connectivity index (χ1) is 22.7. The van der Waals surface area contributed by atoms with Crippen LogP contribution in [0.3, 0.4) is 0 Å². The zero-order chi connectivity index (χ0) is 32.7. The second kappa shape index (κ2) is 8.99. The molecule has 186 valence electrons. The van der Waals surface area contributed by atoms with E-state index < -0.39 is 12.1 Å². The number of para-hydroxylation sites is 1. The number of furan rings is 1. The fourth-order valence-electron chi connectivity index (χ4n) is 6.11. The van der Waals surface area contributed by atoms with E-state index in [1.807, 2.05) is 36.4 Å². The van der Waals surface area contributed by atoms with Crippen molar-refractivity contribution in [2.75, 3.05) is 0 Å². The molecule has 0 unspecified atom stereocenters. The van der Waals surface area contributed by atoms with Crippen molar-refractivity contribution in [3.05, 3.63) is 132 Å². The third kappa shape index (κ3) is 3.61. The highest BCUT2D eigenvalue weighted by atomic mass is 16.3. The minimum absolute atomic E-state index is 0.0230. The normalized spacial score (nSPS) is 16.1. The maximum Gasteiger partial charge on any atom is 0.134 e. The topological polar surface area (TPSA) is 13.1 Å². The van der Waals surface area contributed by atoms with Crippen LogP contribution in [-0.2, 0) is 12.8 Å². The molecule has 0 fully saturated rings. The molecule has 0 radical (unpaired) electrons. The molecule has 0 bridgehead atoms. The summed E-state index contributed by atoms with van der Waals surface area (Å²) in [6, 6.07) is 19.8. The molecule has 1 heteroatoms.